The Morgan fingerprint density at radius 3 is 2.46 bits per heavy atom. The van der Waals surface area contributed by atoms with Crippen LogP contribution >= 0.6 is 0 Å². The molecule has 35 heavy (non-hydrogen) atoms. The SMILES string of the molecule is C[C@H](O)C(=O)Nc1ccc(CN2C(=O)[C@@]3(O[C@@H](CCO)[C@H]([Si](C)(C)O)[C@H]3C)c3ccccc32)cc1. The largest absolute Gasteiger partial charge is 0.432 e. The quantitative estimate of drug-likeness (QED) is 0.436. The molecule has 5 atom stereocenters. The molecule has 1 saturated heterocycles. The molecule has 188 valence electrons. The average Bonchev–Trinajstić information content (AvgIpc) is 3.22. The number of aliphatic hydroxyl groups excluding tert-OH is 2. The summed E-state index contributed by atoms with van der Waals surface area (Å²) in [5.41, 5.74) is 1.58. The second-order valence-electron chi connectivity index (χ2n) is 10.1. The predicted octanol–water partition coefficient (Wildman–Crippen LogP) is 2.73. The molecule has 4 N–H and O–H groups in total. The van der Waals surface area contributed by atoms with Crippen LogP contribution in [0.5, 0.6) is 0 Å². The number of nitrogens with one attached hydrogen (secondary N) is 1. The van der Waals surface area contributed by atoms with Crippen molar-refractivity contribution in [1.29, 1.82) is 0 Å². The third kappa shape index (κ3) is 4.43. The zero-order valence-electron chi connectivity index (χ0n) is 20.6. The Kier molecular flexibility index (Phi) is 6.91. The molecule has 1 spiro atoms. The van der Waals surface area contributed by atoms with Gasteiger partial charge in [0, 0.05) is 29.3 Å². The number of amides is 2. The van der Waals surface area contributed by atoms with E-state index >= 15 is 0 Å². The van der Waals surface area contributed by atoms with E-state index in [4.69, 9.17) is 4.74 Å². The lowest BCUT2D eigenvalue weighted by molar-refractivity contribution is -0.146. The van der Waals surface area contributed by atoms with Crippen molar-refractivity contribution >= 4 is 31.5 Å². The Morgan fingerprint density at radius 1 is 1.20 bits per heavy atom. The molecule has 2 heterocycles. The smallest absolute Gasteiger partial charge is 0.264 e. The van der Waals surface area contributed by atoms with Gasteiger partial charge in [-0.15, -0.1) is 0 Å². The van der Waals surface area contributed by atoms with Crippen molar-refractivity contribution in [3.05, 3.63) is 59.7 Å². The van der Waals surface area contributed by atoms with Crippen molar-refractivity contribution < 1.29 is 29.3 Å². The lowest BCUT2D eigenvalue weighted by Crippen LogP contribution is -2.46. The van der Waals surface area contributed by atoms with Crippen LogP contribution in [0.4, 0.5) is 11.4 Å². The summed E-state index contributed by atoms with van der Waals surface area (Å²) in [4.78, 5) is 38.7. The van der Waals surface area contributed by atoms with E-state index in [-0.39, 0.29) is 24.0 Å². The van der Waals surface area contributed by atoms with E-state index in [0.29, 0.717) is 18.7 Å². The molecule has 2 aromatic carbocycles. The minimum Gasteiger partial charge on any atom is -0.432 e. The summed E-state index contributed by atoms with van der Waals surface area (Å²) >= 11 is 0. The number of hydrogen-bond acceptors (Lipinski definition) is 6. The molecule has 0 saturated carbocycles. The minimum absolute atomic E-state index is 0.0774. The second kappa shape index (κ2) is 9.48. The molecular formula is C26H34N2O6Si. The maximum Gasteiger partial charge on any atom is 0.264 e. The van der Waals surface area contributed by atoms with E-state index in [1.165, 1.54) is 6.92 Å². The molecule has 0 aromatic heterocycles. The Labute approximate surface area is 206 Å². The van der Waals surface area contributed by atoms with Gasteiger partial charge < -0.3 is 30.0 Å². The van der Waals surface area contributed by atoms with Gasteiger partial charge in [-0.1, -0.05) is 37.3 Å². The number of fused-ring (bicyclic) bond motifs is 2. The summed E-state index contributed by atoms with van der Waals surface area (Å²) in [5.74, 6) is -0.915. The van der Waals surface area contributed by atoms with Crippen LogP contribution in [0.3, 0.4) is 0 Å². The molecule has 0 unspecified atom stereocenters. The molecule has 0 bridgehead atoms. The molecule has 4 rings (SSSR count). The van der Waals surface area contributed by atoms with Crippen molar-refractivity contribution in [2.45, 2.75) is 63.3 Å². The summed E-state index contributed by atoms with van der Waals surface area (Å²) in [6.07, 6.45) is -1.15. The summed E-state index contributed by atoms with van der Waals surface area (Å²) in [6, 6.07) is 14.7. The van der Waals surface area contributed by atoms with Crippen LogP contribution in [-0.2, 0) is 26.5 Å². The standard InChI is InChI=1S/C26H34N2O6Si/c1-16-23(35(3,4)33)22(13-14-29)34-26(16)20-7-5-6-8-21(20)28(25(26)32)15-18-9-11-19(12-10-18)27-24(31)17(2)30/h5-12,16-17,22-23,29-30,33H,13-15H2,1-4H3,(H,27,31)/t16-,17+,22+,23-,26+/m1/s1. The number of carbonyl (C=O) groups is 2. The fraction of sp³-hybridized carbons (Fsp3) is 0.462. The van der Waals surface area contributed by atoms with Gasteiger partial charge in [0.15, 0.2) is 13.9 Å². The molecule has 2 amide bonds. The number of anilines is 2. The number of carbonyl (C=O) groups excluding carboxylic acids is 2. The second-order valence-corrected chi connectivity index (χ2v) is 14.1. The van der Waals surface area contributed by atoms with Crippen LogP contribution in [0.2, 0.25) is 18.6 Å². The predicted molar refractivity (Wildman–Crippen MR) is 135 cm³/mol. The lowest BCUT2D eigenvalue weighted by Gasteiger charge is -2.32. The topological polar surface area (TPSA) is 119 Å². The molecule has 2 aliphatic rings. The number of hydrogen-bond donors (Lipinski definition) is 4. The van der Waals surface area contributed by atoms with E-state index in [1.54, 1.807) is 17.0 Å². The van der Waals surface area contributed by atoms with Crippen molar-refractivity contribution in [2.75, 3.05) is 16.8 Å². The summed E-state index contributed by atoms with van der Waals surface area (Å²) in [7, 11) is -2.72. The summed E-state index contributed by atoms with van der Waals surface area (Å²) < 4.78 is 6.55. The highest BCUT2D eigenvalue weighted by Crippen LogP contribution is 2.59. The first kappa shape index (κ1) is 25.5. The van der Waals surface area contributed by atoms with Gasteiger partial charge in [0.2, 0.25) is 0 Å². The first-order chi connectivity index (χ1) is 16.5. The van der Waals surface area contributed by atoms with Crippen molar-refractivity contribution in [1.82, 2.24) is 0 Å². The first-order valence-electron chi connectivity index (χ1n) is 12.0. The van der Waals surface area contributed by atoms with E-state index in [1.807, 2.05) is 56.4 Å². The van der Waals surface area contributed by atoms with Crippen molar-refractivity contribution in [3.8, 4) is 0 Å². The van der Waals surface area contributed by atoms with E-state index in [9.17, 15) is 24.6 Å². The first-order valence-corrected chi connectivity index (χ1v) is 15.0. The van der Waals surface area contributed by atoms with Gasteiger partial charge in [-0.25, -0.2) is 0 Å². The fourth-order valence-corrected chi connectivity index (χ4v) is 8.31. The maximum absolute atomic E-state index is 14.1. The molecular weight excluding hydrogens is 464 g/mol. The van der Waals surface area contributed by atoms with Gasteiger partial charge in [-0.2, -0.15) is 0 Å². The number of para-hydroxylation sites is 1. The fourth-order valence-electron chi connectivity index (χ4n) is 5.71. The third-order valence-electron chi connectivity index (χ3n) is 7.25. The molecule has 2 aromatic rings. The summed E-state index contributed by atoms with van der Waals surface area (Å²) in [5, 5.41) is 21.7. The highest BCUT2D eigenvalue weighted by Gasteiger charge is 2.65. The van der Waals surface area contributed by atoms with Crippen LogP contribution in [0, 0.1) is 5.92 Å². The molecule has 9 heteroatoms. The van der Waals surface area contributed by atoms with Crippen LogP contribution in [0.1, 0.15) is 31.4 Å². The zero-order valence-corrected chi connectivity index (χ0v) is 21.6. The Morgan fingerprint density at radius 2 is 1.86 bits per heavy atom. The van der Waals surface area contributed by atoms with E-state index in [2.05, 4.69) is 5.32 Å². The molecule has 8 nitrogen and oxygen atoms in total. The monoisotopic (exact) mass is 498 g/mol. The Hall–Kier alpha value is -2.56. The third-order valence-corrected chi connectivity index (χ3v) is 9.75. The highest BCUT2D eigenvalue weighted by atomic mass is 28.4. The normalized spacial score (nSPS) is 26.8. The number of aliphatic hydroxyl groups is 2. The number of ether oxygens (including phenoxy) is 1. The van der Waals surface area contributed by atoms with Crippen LogP contribution in [0.25, 0.3) is 0 Å². The molecule has 0 aliphatic carbocycles. The Balaban J connectivity index is 1.66. The van der Waals surface area contributed by atoms with Crippen LogP contribution in [-0.4, -0.2) is 54.0 Å². The van der Waals surface area contributed by atoms with Gasteiger partial charge in [-0.3, -0.25) is 9.59 Å². The van der Waals surface area contributed by atoms with Crippen molar-refractivity contribution in [3.63, 3.8) is 0 Å². The van der Waals surface area contributed by atoms with Gasteiger partial charge in [0.1, 0.15) is 6.10 Å². The number of rotatable bonds is 7. The van der Waals surface area contributed by atoms with Crippen LogP contribution < -0.4 is 10.2 Å². The average molecular weight is 499 g/mol. The lowest BCUT2D eigenvalue weighted by atomic mass is 9.82. The van der Waals surface area contributed by atoms with Gasteiger partial charge in [0.25, 0.3) is 11.8 Å². The maximum atomic E-state index is 14.1. The van der Waals surface area contributed by atoms with Gasteiger partial charge in [0.05, 0.1) is 18.3 Å². The number of benzene rings is 2. The minimum atomic E-state index is -2.72. The van der Waals surface area contributed by atoms with E-state index in [0.717, 1.165) is 16.8 Å². The van der Waals surface area contributed by atoms with Gasteiger partial charge in [-0.05, 0) is 50.2 Å². The highest BCUT2D eigenvalue weighted by molar-refractivity contribution is 6.71. The Bertz CT molecular complexity index is 1100. The number of nitrogens with zero attached hydrogens (tertiary/aromatic N) is 1. The molecule has 1 fully saturated rings. The molecule has 2 aliphatic heterocycles. The van der Waals surface area contributed by atoms with E-state index < -0.39 is 32.0 Å². The zero-order chi connectivity index (χ0) is 25.5. The molecule has 0 radical (unpaired) electrons. The van der Waals surface area contributed by atoms with Crippen molar-refractivity contribution in [2.24, 2.45) is 5.92 Å². The van der Waals surface area contributed by atoms with Crippen LogP contribution in [0.15, 0.2) is 48.5 Å². The summed E-state index contributed by atoms with van der Waals surface area (Å²) in [6.45, 7) is 7.34. The van der Waals surface area contributed by atoms with Gasteiger partial charge >= 0.3 is 0 Å².